The second kappa shape index (κ2) is 5.65. The average molecular weight is 273 g/mol. The van der Waals surface area contributed by atoms with E-state index in [4.69, 9.17) is 4.74 Å². The summed E-state index contributed by atoms with van der Waals surface area (Å²) in [5.41, 5.74) is 2.50. The third-order valence-corrected chi connectivity index (χ3v) is 3.96. The number of benzene rings is 1. The smallest absolute Gasteiger partial charge is 0.309 e. The molecule has 20 heavy (non-hydrogen) atoms. The van der Waals surface area contributed by atoms with Crippen LogP contribution in [0.25, 0.3) is 0 Å². The van der Waals surface area contributed by atoms with Crippen molar-refractivity contribution in [3.8, 4) is 0 Å². The van der Waals surface area contributed by atoms with Gasteiger partial charge in [0.25, 0.3) is 5.91 Å². The molecular weight excluding hydrogens is 254 g/mol. The van der Waals surface area contributed by atoms with Crippen molar-refractivity contribution in [1.29, 1.82) is 0 Å². The van der Waals surface area contributed by atoms with Crippen LogP contribution in [-0.4, -0.2) is 18.5 Å². The van der Waals surface area contributed by atoms with Crippen LogP contribution in [0.3, 0.4) is 0 Å². The van der Waals surface area contributed by atoms with Crippen LogP contribution in [0, 0.1) is 5.92 Å². The number of fused-ring (bicyclic) bond motifs is 1. The number of ether oxygens (including phenoxy) is 1. The quantitative estimate of drug-likeness (QED) is 0.855. The summed E-state index contributed by atoms with van der Waals surface area (Å²) in [5, 5.41) is 2.97. The van der Waals surface area contributed by atoms with Crippen LogP contribution in [-0.2, 0) is 20.7 Å². The van der Waals surface area contributed by atoms with Crippen LogP contribution >= 0.6 is 0 Å². The molecule has 0 unspecified atom stereocenters. The molecule has 106 valence electrons. The topological polar surface area (TPSA) is 55.4 Å². The molecule has 1 N–H and O–H groups in total. The predicted octanol–water partition coefficient (Wildman–Crippen LogP) is 2.13. The molecule has 0 saturated heterocycles. The van der Waals surface area contributed by atoms with Gasteiger partial charge >= 0.3 is 5.97 Å². The third kappa shape index (κ3) is 3.00. The molecule has 1 amide bonds. The lowest BCUT2D eigenvalue weighted by Crippen LogP contribution is -2.34. The Morgan fingerprint density at radius 2 is 2.00 bits per heavy atom. The highest BCUT2D eigenvalue weighted by Crippen LogP contribution is 2.30. The number of rotatable bonds is 4. The summed E-state index contributed by atoms with van der Waals surface area (Å²) in [6.07, 6.45) is 4.88. The fourth-order valence-electron chi connectivity index (χ4n) is 2.71. The number of esters is 1. The Labute approximate surface area is 118 Å². The molecule has 1 atom stereocenters. The normalized spacial score (nSPS) is 20.9. The molecule has 1 fully saturated rings. The first-order valence-electron chi connectivity index (χ1n) is 7.28. The van der Waals surface area contributed by atoms with E-state index in [9.17, 15) is 9.59 Å². The Bertz CT molecular complexity index is 522. The van der Waals surface area contributed by atoms with Crippen molar-refractivity contribution in [2.75, 3.05) is 6.61 Å². The highest BCUT2D eigenvalue weighted by molar-refractivity contribution is 5.82. The Morgan fingerprint density at radius 1 is 1.20 bits per heavy atom. The van der Waals surface area contributed by atoms with E-state index in [0.29, 0.717) is 0 Å². The maximum atomic E-state index is 11.9. The van der Waals surface area contributed by atoms with Crippen molar-refractivity contribution in [3.63, 3.8) is 0 Å². The van der Waals surface area contributed by atoms with Gasteiger partial charge in [0.15, 0.2) is 6.61 Å². The molecule has 0 heterocycles. The zero-order chi connectivity index (χ0) is 13.9. The standard InChI is InChI=1S/C16H19NO3/c18-15(10-20-16(19)12-8-9-12)17-14-7-3-5-11-4-1-2-6-13(11)14/h1-2,4,6,12,14H,3,5,7-10H2,(H,17,18)/t14-/m1/s1. The lowest BCUT2D eigenvalue weighted by molar-refractivity contribution is -0.150. The van der Waals surface area contributed by atoms with E-state index in [0.717, 1.165) is 32.1 Å². The molecule has 0 spiro atoms. The molecule has 2 aliphatic rings. The van der Waals surface area contributed by atoms with Crippen LogP contribution < -0.4 is 5.32 Å². The van der Waals surface area contributed by atoms with Crippen molar-refractivity contribution < 1.29 is 14.3 Å². The lowest BCUT2D eigenvalue weighted by Gasteiger charge is -2.26. The molecule has 1 saturated carbocycles. The fraction of sp³-hybridized carbons (Fsp3) is 0.500. The van der Waals surface area contributed by atoms with Gasteiger partial charge in [0.2, 0.25) is 0 Å². The first kappa shape index (κ1) is 13.2. The number of hydrogen-bond acceptors (Lipinski definition) is 3. The monoisotopic (exact) mass is 273 g/mol. The van der Waals surface area contributed by atoms with Crippen molar-refractivity contribution >= 4 is 11.9 Å². The molecule has 0 aliphatic heterocycles. The molecule has 0 aromatic heterocycles. The summed E-state index contributed by atoms with van der Waals surface area (Å²) in [7, 11) is 0. The van der Waals surface area contributed by atoms with Crippen LogP contribution in [0.4, 0.5) is 0 Å². The van der Waals surface area contributed by atoms with E-state index in [1.54, 1.807) is 0 Å². The van der Waals surface area contributed by atoms with Gasteiger partial charge in [-0.25, -0.2) is 0 Å². The van der Waals surface area contributed by atoms with Gasteiger partial charge in [-0.05, 0) is 43.2 Å². The average Bonchev–Trinajstić information content (AvgIpc) is 3.30. The van der Waals surface area contributed by atoms with Gasteiger partial charge < -0.3 is 10.1 Å². The van der Waals surface area contributed by atoms with Crippen LogP contribution in [0.1, 0.15) is 42.9 Å². The van der Waals surface area contributed by atoms with E-state index >= 15 is 0 Å². The largest absolute Gasteiger partial charge is 0.455 e. The summed E-state index contributed by atoms with van der Waals surface area (Å²) in [5.74, 6) is -0.400. The Kier molecular flexibility index (Phi) is 3.72. The Morgan fingerprint density at radius 3 is 2.80 bits per heavy atom. The molecule has 0 radical (unpaired) electrons. The third-order valence-electron chi connectivity index (χ3n) is 3.96. The van der Waals surface area contributed by atoms with Gasteiger partial charge in [-0.2, -0.15) is 0 Å². The van der Waals surface area contributed by atoms with E-state index in [-0.39, 0.29) is 30.4 Å². The van der Waals surface area contributed by atoms with Crippen LogP contribution in [0.2, 0.25) is 0 Å². The number of nitrogens with one attached hydrogen (secondary N) is 1. The molecular formula is C16H19NO3. The minimum atomic E-state index is -0.232. The maximum absolute atomic E-state index is 11.9. The van der Waals surface area contributed by atoms with Crippen molar-refractivity contribution in [1.82, 2.24) is 5.32 Å². The summed E-state index contributed by atoms with van der Waals surface area (Å²) in [4.78, 5) is 23.3. The number of hydrogen-bond donors (Lipinski definition) is 1. The van der Waals surface area contributed by atoms with E-state index in [1.165, 1.54) is 11.1 Å². The van der Waals surface area contributed by atoms with Gasteiger partial charge in [-0.1, -0.05) is 24.3 Å². The number of carbonyl (C=O) groups is 2. The van der Waals surface area contributed by atoms with Crippen LogP contribution in [0.15, 0.2) is 24.3 Å². The SMILES string of the molecule is O=C(COC(=O)C1CC1)N[C@@H]1CCCc2ccccc21. The number of carbonyl (C=O) groups excluding carboxylic acids is 2. The van der Waals surface area contributed by atoms with E-state index < -0.39 is 0 Å². The summed E-state index contributed by atoms with van der Waals surface area (Å²) in [6, 6.07) is 8.25. The van der Waals surface area contributed by atoms with Gasteiger partial charge in [-0.15, -0.1) is 0 Å². The first-order valence-corrected chi connectivity index (χ1v) is 7.28. The number of amides is 1. The summed E-state index contributed by atoms with van der Waals surface area (Å²) in [6.45, 7) is -0.159. The minimum Gasteiger partial charge on any atom is -0.455 e. The van der Waals surface area contributed by atoms with Crippen molar-refractivity contribution in [2.45, 2.75) is 38.1 Å². The summed E-state index contributed by atoms with van der Waals surface area (Å²) >= 11 is 0. The van der Waals surface area contributed by atoms with Crippen molar-refractivity contribution in [3.05, 3.63) is 35.4 Å². The highest BCUT2D eigenvalue weighted by atomic mass is 16.5. The Balaban J connectivity index is 1.55. The fourth-order valence-corrected chi connectivity index (χ4v) is 2.71. The highest BCUT2D eigenvalue weighted by Gasteiger charge is 2.31. The Hall–Kier alpha value is -1.84. The first-order chi connectivity index (χ1) is 9.74. The molecule has 3 rings (SSSR count). The summed E-state index contributed by atoms with van der Waals surface area (Å²) < 4.78 is 5.01. The minimum absolute atomic E-state index is 0.0400. The number of aryl methyl sites for hydroxylation is 1. The maximum Gasteiger partial charge on any atom is 0.309 e. The van der Waals surface area contributed by atoms with Crippen molar-refractivity contribution in [2.24, 2.45) is 5.92 Å². The predicted molar refractivity (Wildman–Crippen MR) is 73.9 cm³/mol. The van der Waals surface area contributed by atoms with Gasteiger partial charge in [0.1, 0.15) is 0 Å². The molecule has 4 heteroatoms. The van der Waals surface area contributed by atoms with Gasteiger partial charge in [-0.3, -0.25) is 9.59 Å². The van der Waals surface area contributed by atoms with Crippen LogP contribution in [0.5, 0.6) is 0 Å². The molecule has 0 bridgehead atoms. The van der Waals surface area contributed by atoms with E-state index in [1.807, 2.05) is 12.1 Å². The molecule has 4 nitrogen and oxygen atoms in total. The van der Waals surface area contributed by atoms with Gasteiger partial charge in [0.05, 0.1) is 12.0 Å². The zero-order valence-corrected chi connectivity index (χ0v) is 11.4. The lowest BCUT2D eigenvalue weighted by atomic mass is 9.88. The zero-order valence-electron chi connectivity index (χ0n) is 11.4. The van der Waals surface area contributed by atoms with Gasteiger partial charge in [0, 0.05) is 0 Å². The second-order valence-electron chi connectivity index (χ2n) is 5.59. The molecule has 1 aromatic rings. The molecule has 2 aliphatic carbocycles. The van der Waals surface area contributed by atoms with E-state index in [2.05, 4.69) is 17.4 Å². The second-order valence-corrected chi connectivity index (χ2v) is 5.59. The molecule has 1 aromatic carbocycles.